The minimum absolute atomic E-state index is 0.0486. The lowest BCUT2D eigenvalue weighted by Crippen LogP contribution is -2.43. The lowest BCUT2D eigenvalue weighted by molar-refractivity contribution is -0.120. The Morgan fingerprint density at radius 1 is 1.17 bits per heavy atom. The van der Waals surface area contributed by atoms with Crippen molar-refractivity contribution >= 4 is 17.3 Å². The van der Waals surface area contributed by atoms with Gasteiger partial charge in [0.05, 0.1) is 6.04 Å². The van der Waals surface area contributed by atoms with E-state index in [1.54, 1.807) is 0 Å². The predicted octanol–water partition coefficient (Wildman–Crippen LogP) is 3.98. The van der Waals surface area contributed by atoms with Crippen molar-refractivity contribution in [3.63, 3.8) is 0 Å². The Hall–Kier alpha value is -1.55. The molecule has 134 valence electrons. The predicted molar refractivity (Wildman–Crippen MR) is 103 cm³/mol. The summed E-state index contributed by atoms with van der Waals surface area (Å²) in [6.07, 6.45) is 3.89. The molecule has 2 rings (SSSR count). The molecule has 1 fully saturated rings. The second-order valence-electron chi connectivity index (χ2n) is 8.24. The number of benzene rings is 1. The van der Waals surface area contributed by atoms with E-state index in [-0.39, 0.29) is 17.4 Å². The van der Waals surface area contributed by atoms with Gasteiger partial charge < -0.3 is 10.2 Å². The first-order chi connectivity index (χ1) is 11.3. The molecular formula is C20H33N3O. The topological polar surface area (TPSA) is 35.6 Å². The molecule has 1 aliphatic heterocycles. The van der Waals surface area contributed by atoms with Gasteiger partial charge in [0, 0.05) is 31.0 Å². The maximum Gasteiger partial charge on any atom is 0.241 e. The minimum Gasteiger partial charge on any atom is -0.372 e. The van der Waals surface area contributed by atoms with Gasteiger partial charge in [0.15, 0.2) is 0 Å². The summed E-state index contributed by atoms with van der Waals surface area (Å²) in [7, 11) is 2.01. The number of rotatable bonds is 5. The molecule has 0 aliphatic carbocycles. The number of anilines is 2. The van der Waals surface area contributed by atoms with Crippen molar-refractivity contribution in [2.75, 3.05) is 36.9 Å². The Labute approximate surface area is 147 Å². The molecule has 0 radical (unpaired) electrons. The molecule has 1 saturated heterocycles. The number of nitrogens with one attached hydrogen (secondary N) is 1. The van der Waals surface area contributed by atoms with Crippen LogP contribution >= 0.6 is 0 Å². The maximum atomic E-state index is 12.5. The van der Waals surface area contributed by atoms with Gasteiger partial charge in [0.1, 0.15) is 0 Å². The fourth-order valence-corrected chi connectivity index (χ4v) is 3.24. The monoisotopic (exact) mass is 331 g/mol. The van der Waals surface area contributed by atoms with E-state index >= 15 is 0 Å². The SMILES string of the molecule is CC(C(=O)Nc1ccc(N2CCCCC2)cc1)N(C)CC(C)(C)C. The van der Waals surface area contributed by atoms with E-state index in [0.717, 1.165) is 25.3 Å². The third-order valence-electron chi connectivity index (χ3n) is 4.62. The van der Waals surface area contributed by atoms with Gasteiger partial charge in [-0.15, -0.1) is 0 Å². The second-order valence-corrected chi connectivity index (χ2v) is 8.24. The average molecular weight is 332 g/mol. The van der Waals surface area contributed by atoms with Crippen LogP contribution in [0.25, 0.3) is 0 Å². The summed E-state index contributed by atoms with van der Waals surface area (Å²) in [6, 6.07) is 8.11. The van der Waals surface area contributed by atoms with Crippen molar-refractivity contribution < 1.29 is 4.79 Å². The first-order valence-corrected chi connectivity index (χ1v) is 9.12. The molecule has 1 aliphatic rings. The van der Waals surface area contributed by atoms with E-state index in [0.29, 0.717) is 0 Å². The first-order valence-electron chi connectivity index (χ1n) is 9.12. The van der Waals surface area contributed by atoms with Crippen LogP contribution in [0.5, 0.6) is 0 Å². The van der Waals surface area contributed by atoms with Crippen molar-refractivity contribution in [1.82, 2.24) is 4.90 Å². The summed E-state index contributed by atoms with van der Waals surface area (Å²) in [5, 5.41) is 3.04. The summed E-state index contributed by atoms with van der Waals surface area (Å²) in [6.45, 7) is 11.7. The van der Waals surface area contributed by atoms with Crippen LogP contribution in [0.1, 0.15) is 47.0 Å². The highest BCUT2D eigenvalue weighted by Gasteiger charge is 2.22. The van der Waals surface area contributed by atoms with Crippen LogP contribution in [0.15, 0.2) is 24.3 Å². The molecule has 1 amide bonds. The molecule has 24 heavy (non-hydrogen) atoms. The summed E-state index contributed by atoms with van der Waals surface area (Å²) in [4.78, 5) is 17.0. The molecule has 0 spiro atoms. The molecule has 0 aromatic heterocycles. The van der Waals surface area contributed by atoms with E-state index < -0.39 is 0 Å². The largest absolute Gasteiger partial charge is 0.372 e. The summed E-state index contributed by atoms with van der Waals surface area (Å²) in [5.74, 6) is 0.0486. The summed E-state index contributed by atoms with van der Waals surface area (Å²) < 4.78 is 0. The van der Waals surface area contributed by atoms with Gasteiger partial charge >= 0.3 is 0 Å². The van der Waals surface area contributed by atoms with Crippen LogP contribution in [0.2, 0.25) is 0 Å². The third-order valence-corrected chi connectivity index (χ3v) is 4.62. The van der Waals surface area contributed by atoms with E-state index in [1.807, 2.05) is 26.1 Å². The van der Waals surface area contributed by atoms with Gasteiger partial charge in [-0.2, -0.15) is 0 Å². The number of hydrogen-bond acceptors (Lipinski definition) is 3. The van der Waals surface area contributed by atoms with Crippen molar-refractivity contribution in [3.05, 3.63) is 24.3 Å². The zero-order chi connectivity index (χ0) is 17.7. The highest BCUT2D eigenvalue weighted by atomic mass is 16.2. The van der Waals surface area contributed by atoms with Gasteiger partial charge in [-0.05, 0) is 62.9 Å². The standard InChI is InChI=1S/C20H33N3O/c1-16(22(5)15-20(2,3)4)19(24)21-17-9-11-18(12-10-17)23-13-7-6-8-14-23/h9-12,16H,6-8,13-15H2,1-5H3,(H,21,24). The Morgan fingerprint density at radius 3 is 2.29 bits per heavy atom. The lowest BCUT2D eigenvalue weighted by Gasteiger charge is -2.30. The van der Waals surface area contributed by atoms with Crippen LogP contribution in [0.3, 0.4) is 0 Å². The van der Waals surface area contributed by atoms with Crippen LogP contribution in [-0.2, 0) is 4.79 Å². The molecule has 4 nitrogen and oxygen atoms in total. The molecule has 1 heterocycles. The van der Waals surface area contributed by atoms with Gasteiger partial charge in [0.25, 0.3) is 0 Å². The molecular weight excluding hydrogens is 298 g/mol. The summed E-state index contributed by atoms with van der Waals surface area (Å²) in [5.41, 5.74) is 2.31. The van der Waals surface area contributed by atoms with Crippen LogP contribution in [0, 0.1) is 5.41 Å². The lowest BCUT2D eigenvalue weighted by atomic mass is 9.95. The molecule has 4 heteroatoms. The molecule has 1 aromatic carbocycles. The number of likely N-dealkylation sites (N-methyl/N-ethyl adjacent to an activating group) is 1. The summed E-state index contributed by atoms with van der Waals surface area (Å²) >= 11 is 0. The molecule has 1 aromatic rings. The smallest absolute Gasteiger partial charge is 0.241 e. The molecule has 1 unspecified atom stereocenters. The van der Waals surface area contributed by atoms with Gasteiger partial charge in [-0.3, -0.25) is 9.69 Å². The number of nitrogens with zero attached hydrogens (tertiary/aromatic N) is 2. The number of carbonyl (C=O) groups is 1. The van der Waals surface area contributed by atoms with Gasteiger partial charge in [0.2, 0.25) is 5.91 Å². The number of carbonyl (C=O) groups excluding carboxylic acids is 1. The second kappa shape index (κ2) is 8.02. The number of amides is 1. The Morgan fingerprint density at radius 2 is 1.75 bits per heavy atom. The first kappa shape index (κ1) is 18.8. The van der Waals surface area contributed by atoms with E-state index in [2.05, 4.69) is 48.0 Å². The van der Waals surface area contributed by atoms with E-state index in [9.17, 15) is 4.79 Å². The number of piperidine rings is 1. The van der Waals surface area contributed by atoms with Crippen LogP contribution in [0.4, 0.5) is 11.4 Å². The van der Waals surface area contributed by atoms with Crippen molar-refractivity contribution in [3.8, 4) is 0 Å². The highest BCUT2D eigenvalue weighted by Crippen LogP contribution is 2.22. The average Bonchev–Trinajstić information content (AvgIpc) is 2.54. The van der Waals surface area contributed by atoms with E-state index in [4.69, 9.17) is 0 Å². The van der Waals surface area contributed by atoms with Crippen molar-refractivity contribution in [2.24, 2.45) is 5.41 Å². The minimum atomic E-state index is -0.147. The highest BCUT2D eigenvalue weighted by molar-refractivity contribution is 5.94. The normalized spacial score (nSPS) is 17.0. The molecule has 1 N–H and O–H groups in total. The van der Waals surface area contributed by atoms with Crippen LogP contribution < -0.4 is 10.2 Å². The number of hydrogen-bond donors (Lipinski definition) is 1. The van der Waals surface area contributed by atoms with Gasteiger partial charge in [-0.1, -0.05) is 20.8 Å². The zero-order valence-corrected chi connectivity index (χ0v) is 15.9. The molecule has 0 bridgehead atoms. The Bertz CT molecular complexity index is 527. The quantitative estimate of drug-likeness (QED) is 0.886. The van der Waals surface area contributed by atoms with Crippen molar-refractivity contribution in [1.29, 1.82) is 0 Å². The zero-order valence-electron chi connectivity index (χ0n) is 15.9. The fourth-order valence-electron chi connectivity index (χ4n) is 3.24. The Balaban J connectivity index is 1.91. The van der Waals surface area contributed by atoms with Crippen LogP contribution in [-0.4, -0.2) is 43.5 Å². The fraction of sp³-hybridized carbons (Fsp3) is 0.650. The molecule has 0 saturated carbocycles. The molecule has 1 atom stereocenters. The maximum absolute atomic E-state index is 12.5. The van der Waals surface area contributed by atoms with Crippen molar-refractivity contribution in [2.45, 2.75) is 53.0 Å². The third kappa shape index (κ3) is 5.52. The Kier molecular flexibility index (Phi) is 6.27. The van der Waals surface area contributed by atoms with E-state index in [1.165, 1.54) is 24.9 Å². The van der Waals surface area contributed by atoms with Gasteiger partial charge in [-0.25, -0.2) is 0 Å².